The fourth-order valence-electron chi connectivity index (χ4n) is 0.977. The van der Waals surface area contributed by atoms with Crippen molar-refractivity contribution in [1.82, 2.24) is 4.31 Å². The topological polar surface area (TPSA) is 37.4 Å². The molecule has 0 heterocycles. The third-order valence-corrected chi connectivity index (χ3v) is 3.65. The van der Waals surface area contributed by atoms with Crippen LogP contribution in [0.5, 0.6) is 0 Å². The van der Waals surface area contributed by atoms with Gasteiger partial charge in [0.25, 0.3) is 0 Å². The van der Waals surface area contributed by atoms with Crippen LogP contribution >= 0.6 is 0 Å². The van der Waals surface area contributed by atoms with Crippen LogP contribution in [0.1, 0.15) is 6.42 Å². The van der Waals surface area contributed by atoms with Gasteiger partial charge in [-0.15, -0.1) is 0 Å². The van der Waals surface area contributed by atoms with Crippen molar-refractivity contribution in [2.75, 3.05) is 14.1 Å². The normalized spacial score (nSPS) is 23.4. The minimum atomic E-state index is -3.38. The molecule has 74 valence electrons. The molecule has 5 heteroatoms. The molecular formula is C8H12FNO2S. The van der Waals surface area contributed by atoms with E-state index in [1.807, 2.05) is 0 Å². The van der Waals surface area contributed by atoms with Gasteiger partial charge in [0.05, 0.1) is 4.91 Å². The zero-order chi connectivity index (χ0) is 10.1. The molecule has 0 fully saturated rings. The van der Waals surface area contributed by atoms with E-state index in [9.17, 15) is 12.8 Å². The van der Waals surface area contributed by atoms with Crippen molar-refractivity contribution in [2.24, 2.45) is 0 Å². The molecule has 0 spiro atoms. The fraction of sp³-hybridized carbons (Fsp3) is 0.500. The highest BCUT2D eigenvalue weighted by Gasteiger charge is 2.20. The van der Waals surface area contributed by atoms with Gasteiger partial charge in [0.1, 0.15) is 6.17 Å². The quantitative estimate of drug-likeness (QED) is 0.676. The van der Waals surface area contributed by atoms with Crippen molar-refractivity contribution in [3.8, 4) is 0 Å². The van der Waals surface area contributed by atoms with E-state index >= 15 is 0 Å². The Kier molecular flexibility index (Phi) is 2.87. The van der Waals surface area contributed by atoms with Crippen molar-refractivity contribution in [3.05, 3.63) is 23.1 Å². The number of halogens is 1. The van der Waals surface area contributed by atoms with Crippen LogP contribution in [-0.4, -0.2) is 33.0 Å². The van der Waals surface area contributed by atoms with E-state index in [2.05, 4.69) is 0 Å². The van der Waals surface area contributed by atoms with Gasteiger partial charge >= 0.3 is 0 Å². The van der Waals surface area contributed by atoms with Gasteiger partial charge in [0.15, 0.2) is 0 Å². The molecular weight excluding hydrogens is 193 g/mol. The smallest absolute Gasteiger partial charge is 0.242 e. The number of rotatable bonds is 2. The maximum Gasteiger partial charge on any atom is 0.242 e. The lowest BCUT2D eigenvalue weighted by molar-refractivity contribution is 0.401. The molecule has 0 aromatic carbocycles. The zero-order valence-electron chi connectivity index (χ0n) is 7.57. The van der Waals surface area contributed by atoms with Crippen LogP contribution in [0.15, 0.2) is 23.1 Å². The predicted octanol–water partition coefficient (Wildman–Crippen LogP) is 1.06. The van der Waals surface area contributed by atoms with E-state index in [-0.39, 0.29) is 11.3 Å². The molecule has 1 atom stereocenters. The third-order valence-electron chi connectivity index (χ3n) is 1.79. The van der Waals surface area contributed by atoms with Crippen molar-refractivity contribution in [3.63, 3.8) is 0 Å². The molecule has 0 saturated heterocycles. The first-order chi connectivity index (χ1) is 5.94. The first-order valence-corrected chi connectivity index (χ1v) is 5.33. The van der Waals surface area contributed by atoms with Gasteiger partial charge in [0, 0.05) is 20.5 Å². The van der Waals surface area contributed by atoms with Gasteiger partial charge in [-0.1, -0.05) is 6.08 Å². The van der Waals surface area contributed by atoms with Crippen LogP contribution in [0.25, 0.3) is 0 Å². The molecule has 0 aromatic rings. The summed E-state index contributed by atoms with van der Waals surface area (Å²) < 4.78 is 36.7. The number of hydrogen-bond donors (Lipinski definition) is 0. The standard InChI is InChI=1S/C8H12FNO2S/c1-10(2)13(11,12)8-5-3-7(9)4-6-8/h3,5-7H,4H2,1-2H3. The Balaban J connectivity index is 2.93. The Hall–Kier alpha value is -0.680. The molecule has 0 amide bonds. The molecule has 0 N–H and O–H groups in total. The predicted molar refractivity (Wildman–Crippen MR) is 49.3 cm³/mol. The summed E-state index contributed by atoms with van der Waals surface area (Å²) in [5, 5.41) is 0. The van der Waals surface area contributed by atoms with Crippen LogP contribution in [0, 0.1) is 0 Å². The Bertz CT molecular complexity index is 343. The number of allylic oxidation sites excluding steroid dienone is 3. The molecule has 1 rings (SSSR count). The Morgan fingerprint density at radius 1 is 1.54 bits per heavy atom. The third kappa shape index (κ3) is 2.16. The highest BCUT2D eigenvalue weighted by molar-refractivity contribution is 7.93. The summed E-state index contributed by atoms with van der Waals surface area (Å²) >= 11 is 0. The Morgan fingerprint density at radius 2 is 2.15 bits per heavy atom. The van der Waals surface area contributed by atoms with Crippen LogP contribution in [0.2, 0.25) is 0 Å². The van der Waals surface area contributed by atoms with Crippen molar-refractivity contribution >= 4 is 10.0 Å². The maximum absolute atomic E-state index is 12.6. The molecule has 1 aliphatic carbocycles. The summed E-state index contributed by atoms with van der Waals surface area (Å²) in [6.45, 7) is 0. The van der Waals surface area contributed by atoms with Gasteiger partial charge in [-0.2, -0.15) is 0 Å². The minimum absolute atomic E-state index is 0.138. The first kappa shape index (κ1) is 10.4. The molecule has 0 aromatic heterocycles. The summed E-state index contributed by atoms with van der Waals surface area (Å²) in [4.78, 5) is 0.173. The SMILES string of the molecule is CN(C)S(=O)(=O)C1=CCC(F)C=C1. The lowest BCUT2D eigenvalue weighted by atomic mass is 10.2. The molecule has 1 aliphatic rings. The Morgan fingerprint density at radius 3 is 2.54 bits per heavy atom. The van der Waals surface area contributed by atoms with E-state index in [0.29, 0.717) is 0 Å². The van der Waals surface area contributed by atoms with Crippen molar-refractivity contribution in [1.29, 1.82) is 0 Å². The first-order valence-electron chi connectivity index (χ1n) is 3.89. The second-order valence-corrected chi connectivity index (χ2v) is 5.16. The zero-order valence-corrected chi connectivity index (χ0v) is 8.38. The second kappa shape index (κ2) is 3.59. The molecule has 0 radical (unpaired) electrons. The average Bonchev–Trinajstić information content (AvgIpc) is 2.04. The van der Waals surface area contributed by atoms with Gasteiger partial charge in [-0.05, 0) is 12.2 Å². The van der Waals surface area contributed by atoms with E-state index in [1.54, 1.807) is 0 Å². The largest absolute Gasteiger partial charge is 0.243 e. The van der Waals surface area contributed by atoms with E-state index in [4.69, 9.17) is 0 Å². The van der Waals surface area contributed by atoms with Gasteiger partial charge < -0.3 is 0 Å². The lowest BCUT2D eigenvalue weighted by Crippen LogP contribution is -2.24. The molecule has 3 nitrogen and oxygen atoms in total. The fourth-order valence-corrected chi connectivity index (χ4v) is 1.96. The molecule has 1 unspecified atom stereocenters. The van der Waals surface area contributed by atoms with Gasteiger partial charge in [-0.25, -0.2) is 17.1 Å². The Labute approximate surface area is 77.6 Å². The highest BCUT2D eigenvalue weighted by atomic mass is 32.2. The summed E-state index contributed by atoms with van der Waals surface area (Å²) in [6.07, 6.45) is 3.06. The highest BCUT2D eigenvalue weighted by Crippen LogP contribution is 2.19. The molecule has 0 saturated carbocycles. The summed E-state index contributed by atoms with van der Waals surface area (Å²) in [5.74, 6) is 0. The minimum Gasteiger partial charge on any atom is -0.243 e. The number of hydrogen-bond acceptors (Lipinski definition) is 2. The van der Waals surface area contributed by atoms with Gasteiger partial charge in [0.2, 0.25) is 10.0 Å². The van der Waals surface area contributed by atoms with Crippen LogP contribution in [0.3, 0.4) is 0 Å². The second-order valence-electron chi connectivity index (χ2n) is 3.00. The van der Waals surface area contributed by atoms with E-state index in [1.165, 1.54) is 32.3 Å². The lowest BCUT2D eigenvalue weighted by Gasteiger charge is -2.14. The number of sulfonamides is 1. The van der Waals surface area contributed by atoms with Crippen molar-refractivity contribution in [2.45, 2.75) is 12.6 Å². The summed E-state index contributed by atoms with van der Waals surface area (Å²) in [7, 11) is -0.483. The van der Waals surface area contributed by atoms with Crippen LogP contribution < -0.4 is 0 Å². The number of nitrogens with zero attached hydrogens (tertiary/aromatic N) is 1. The van der Waals surface area contributed by atoms with E-state index in [0.717, 1.165) is 4.31 Å². The average molecular weight is 205 g/mol. The van der Waals surface area contributed by atoms with E-state index < -0.39 is 16.2 Å². The summed E-state index contributed by atoms with van der Waals surface area (Å²) in [6, 6.07) is 0. The monoisotopic (exact) mass is 205 g/mol. The molecule has 0 bridgehead atoms. The van der Waals surface area contributed by atoms with Crippen LogP contribution in [-0.2, 0) is 10.0 Å². The van der Waals surface area contributed by atoms with Gasteiger partial charge in [-0.3, -0.25) is 0 Å². The van der Waals surface area contributed by atoms with Crippen LogP contribution in [0.4, 0.5) is 4.39 Å². The number of alkyl halides is 1. The summed E-state index contributed by atoms with van der Waals surface area (Å²) in [5.41, 5.74) is 0. The van der Waals surface area contributed by atoms with Crippen molar-refractivity contribution < 1.29 is 12.8 Å². The maximum atomic E-state index is 12.6. The molecule has 0 aliphatic heterocycles. The molecule has 13 heavy (non-hydrogen) atoms.